The lowest BCUT2D eigenvalue weighted by molar-refractivity contribution is 0.272. The van der Waals surface area contributed by atoms with E-state index in [1.165, 1.54) is 0 Å². The number of hydrogen-bond acceptors (Lipinski definition) is 5. The number of anilines is 1. The van der Waals surface area contributed by atoms with Crippen molar-refractivity contribution in [2.75, 3.05) is 12.3 Å². The second kappa shape index (κ2) is 5.60. The Morgan fingerprint density at radius 2 is 2.05 bits per heavy atom. The van der Waals surface area contributed by atoms with E-state index in [0.29, 0.717) is 41.0 Å². The largest absolute Gasteiger partial charge is 0.508 e. The molecule has 0 saturated carbocycles. The highest BCUT2D eigenvalue weighted by Crippen LogP contribution is 2.31. The van der Waals surface area contributed by atoms with E-state index >= 15 is 0 Å². The molecule has 0 atom stereocenters. The molecule has 1 aromatic heterocycles. The number of aromatic nitrogens is 1. The zero-order chi connectivity index (χ0) is 15.7. The Balaban J connectivity index is 1.91. The Morgan fingerprint density at radius 1 is 1.23 bits per heavy atom. The van der Waals surface area contributed by atoms with Gasteiger partial charge in [0, 0.05) is 11.6 Å². The van der Waals surface area contributed by atoms with Crippen LogP contribution in [0.1, 0.15) is 13.8 Å². The summed E-state index contributed by atoms with van der Waals surface area (Å²) >= 11 is 0. The Morgan fingerprint density at radius 3 is 2.77 bits per heavy atom. The average Bonchev–Trinajstić information content (AvgIpc) is 2.88. The van der Waals surface area contributed by atoms with Crippen LogP contribution in [0.15, 0.2) is 40.8 Å². The van der Waals surface area contributed by atoms with Crippen LogP contribution in [-0.2, 0) is 0 Å². The van der Waals surface area contributed by atoms with Gasteiger partial charge in [-0.3, -0.25) is 0 Å². The summed E-state index contributed by atoms with van der Waals surface area (Å²) < 4.78 is 11.3. The van der Waals surface area contributed by atoms with E-state index in [0.717, 1.165) is 5.56 Å². The number of ether oxygens (including phenoxy) is 1. The third-order valence-electron chi connectivity index (χ3n) is 3.20. The molecule has 1 heterocycles. The molecule has 2 aromatic carbocycles. The minimum atomic E-state index is 0.157. The fourth-order valence-corrected chi connectivity index (χ4v) is 2.11. The molecule has 0 aliphatic carbocycles. The van der Waals surface area contributed by atoms with E-state index in [2.05, 4.69) is 18.8 Å². The highest BCUT2D eigenvalue weighted by molar-refractivity contribution is 5.78. The minimum absolute atomic E-state index is 0.157. The number of phenolic OH excluding ortho intramolecular Hbond substituents is 1. The standard InChI is InChI=1S/C17H18N2O3/c1-10(2)9-21-15-5-3-11(7-13(15)18)17-19-14-8-12(20)4-6-16(14)22-17/h3-8,10,20H,9,18H2,1-2H3. The fraction of sp³-hybridized carbons (Fsp3) is 0.235. The van der Waals surface area contributed by atoms with Crippen molar-refractivity contribution < 1.29 is 14.3 Å². The number of rotatable bonds is 4. The number of hydrogen-bond donors (Lipinski definition) is 2. The number of nitrogens with two attached hydrogens (primary N) is 1. The van der Waals surface area contributed by atoms with Crippen molar-refractivity contribution in [3.05, 3.63) is 36.4 Å². The van der Waals surface area contributed by atoms with Crippen LogP contribution in [-0.4, -0.2) is 16.7 Å². The zero-order valence-corrected chi connectivity index (χ0v) is 12.5. The molecular weight excluding hydrogens is 280 g/mol. The lowest BCUT2D eigenvalue weighted by Gasteiger charge is -2.11. The maximum Gasteiger partial charge on any atom is 0.227 e. The van der Waals surface area contributed by atoms with Gasteiger partial charge in [-0.2, -0.15) is 0 Å². The Hall–Kier alpha value is -2.69. The lowest BCUT2D eigenvalue weighted by Crippen LogP contribution is -2.06. The van der Waals surface area contributed by atoms with Crippen molar-refractivity contribution in [2.45, 2.75) is 13.8 Å². The van der Waals surface area contributed by atoms with Crippen LogP contribution in [0, 0.1) is 5.92 Å². The van der Waals surface area contributed by atoms with Gasteiger partial charge in [-0.15, -0.1) is 0 Å². The fourth-order valence-electron chi connectivity index (χ4n) is 2.11. The number of phenols is 1. The molecule has 0 bridgehead atoms. The van der Waals surface area contributed by atoms with Gasteiger partial charge in [0.1, 0.15) is 17.0 Å². The number of benzene rings is 2. The summed E-state index contributed by atoms with van der Waals surface area (Å²) in [5, 5.41) is 9.48. The van der Waals surface area contributed by atoms with Crippen LogP contribution in [0.25, 0.3) is 22.6 Å². The van der Waals surface area contributed by atoms with Crippen LogP contribution in [0.2, 0.25) is 0 Å². The van der Waals surface area contributed by atoms with Crippen molar-refractivity contribution in [3.63, 3.8) is 0 Å². The summed E-state index contributed by atoms with van der Waals surface area (Å²) in [6, 6.07) is 10.3. The monoisotopic (exact) mass is 298 g/mol. The SMILES string of the molecule is CC(C)COc1ccc(-c2nc3cc(O)ccc3o2)cc1N. The first-order valence-electron chi connectivity index (χ1n) is 7.15. The molecule has 22 heavy (non-hydrogen) atoms. The van der Waals surface area contributed by atoms with Gasteiger partial charge in [0.2, 0.25) is 5.89 Å². The van der Waals surface area contributed by atoms with E-state index in [1.54, 1.807) is 24.3 Å². The van der Waals surface area contributed by atoms with Gasteiger partial charge in [0.15, 0.2) is 5.58 Å². The molecule has 3 aromatic rings. The van der Waals surface area contributed by atoms with Crippen molar-refractivity contribution in [1.29, 1.82) is 0 Å². The van der Waals surface area contributed by atoms with Crippen LogP contribution in [0.5, 0.6) is 11.5 Å². The van der Waals surface area contributed by atoms with Crippen LogP contribution in [0.3, 0.4) is 0 Å². The highest BCUT2D eigenvalue weighted by Gasteiger charge is 2.11. The summed E-state index contributed by atoms with van der Waals surface area (Å²) in [7, 11) is 0. The molecule has 0 fully saturated rings. The first-order valence-corrected chi connectivity index (χ1v) is 7.15. The number of aromatic hydroxyl groups is 1. The predicted octanol–water partition coefficient (Wildman–Crippen LogP) is 3.82. The van der Waals surface area contributed by atoms with Gasteiger partial charge in [-0.25, -0.2) is 4.98 Å². The van der Waals surface area contributed by atoms with Gasteiger partial charge >= 0.3 is 0 Å². The van der Waals surface area contributed by atoms with Gasteiger partial charge < -0.3 is 20.0 Å². The van der Waals surface area contributed by atoms with Gasteiger partial charge in [0.25, 0.3) is 0 Å². The molecule has 3 N–H and O–H groups in total. The molecule has 0 radical (unpaired) electrons. The second-order valence-corrected chi connectivity index (χ2v) is 5.63. The molecule has 5 heteroatoms. The number of oxazole rings is 1. The van der Waals surface area contributed by atoms with Crippen LogP contribution < -0.4 is 10.5 Å². The first kappa shape index (κ1) is 14.3. The lowest BCUT2D eigenvalue weighted by atomic mass is 10.2. The maximum atomic E-state index is 9.48. The molecule has 0 amide bonds. The molecule has 0 unspecified atom stereocenters. The van der Waals surface area contributed by atoms with Crippen molar-refractivity contribution in [3.8, 4) is 23.0 Å². The summed E-state index contributed by atoms with van der Waals surface area (Å²) in [5.41, 5.74) is 8.56. The highest BCUT2D eigenvalue weighted by atomic mass is 16.5. The van der Waals surface area contributed by atoms with E-state index in [-0.39, 0.29) is 5.75 Å². The van der Waals surface area contributed by atoms with E-state index in [4.69, 9.17) is 14.9 Å². The Bertz CT molecular complexity index is 809. The van der Waals surface area contributed by atoms with Crippen molar-refractivity contribution in [1.82, 2.24) is 4.98 Å². The van der Waals surface area contributed by atoms with E-state index in [1.807, 2.05) is 12.1 Å². The van der Waals surface area contributed by atoms with E-state index in [9.17, 15) is 5.11 Å². The summed E-state index contributed by atoms with van der Waals surface area (Å²) in [5.74, 6) is 1.71. The van der Waals surface area contributed by atoms with Gasteiger partial charge in [-0.05, 0) is 36.2 Å². The van der Waals surface area contributed by atoms with Gasteiger partial charge in [0.05, 0.1) is 12.3 Å². The summed E-state index contributed by atoms with van der Waals surface area (Å²) in [6.45, 7) is 4.78. The topological polar surface area (TPSA) is 81.5 Å². The average molecular weight is 298 g/mol. The molecule has 5 nitrogen and oxygen atoms in total. The number of fused-ring (bicyclic) bond motifs is 1. The third kappa shape index (κ3) is 2.83. The molecular formula is C17H18N2O3. The predicted molar refractivity (Wildman–Crippen MR) is 85.9 cm³/mol. The normalized spacial score (nSPS) is 11.2. The quantitative estimate of drug-likeness (QED) is 0.716. The van der Waals surface area contributed by atoms with Crippen molar-refractivity contribution in [2.24, 2.45) is 5.92 Å². The Kier molecular flexibility index (Phi) is 3.63. The molecule has 0 aliphatic heterocycles. The minimum Gasteiger partial charge on any atom is -0.508 e. The molecule has 0 aliphatic rings. The van der Waals surface area contributed by atoms with Crippen molar-refractivity contribution >= 4 is 16.8 Å². The van der Waals surface area contributed by atoms with E-state index < -0.39 is 0 Å². The van der Waals surface area contributed by atoms with Gasteiger partial charge in [-0.1, -0.05) is 13.8 Å². The second-order valence-electron chi connectivity index (χ2n) is 5.63. The van der Waals surface area contributed by atoms with Crippen LogP contribution >= 0.6 is 0 Å². The number of nitrogens with zero attached hydrogens (tertiary/aromatic N) is 1. The van der Waals surface area contributed by atoms with Crippen LogP contribution in [0.4, 0.5) is 5.69 Å². The molecule has 114 valence electrons. The number of nitrogen functional groups attached to an aromatic ring is 1. The molecule has 3 rings (SSSR count). The maximum absolute atomic E-state index is 9.48. The smallest absolute Gasteiger partial charge is 0.227 e. The summed E-state index contributed by atoms with van der Waals surface area (Å²) in [4.78, 5) is 4.37. The zero-order valence-electron chi connectivity index (χ0n) is 12.5. The molecule has 0 saturated heterocycles. The Labute approximate surface area is 128 Å². The molecule has 0 spiro atoms. The summed E-state index contributed by atoms with van der Waals surface area (Å²) in [6.07, 6.45) is 0. The third-order valence-corrected chi connectivity index (χ3v) is 3.20. The first-order chi connectivity index (χ1) is 10.5.